The van der Waals surface area contributed by atoms with Gasteiger partial charge in [0.15, 0.2) is 0 Å². The summed E-state index contributed by atoms with van der Waals surface area (Å²) >= 11 is 0. The Bertz CT molecular complexity index is 1170. The third kappa shape index (κ3) is 7.39. The summed E-state index contributed by atoms with van der Waals surface area (Å²) in [6.45, 7) is 0. The lowest BCUT2D eigenvalue weighted by molar-refractivity contribution is -0.452. The van der Waals surface area contributed by atoms with Gasteiger partial charge in [-0.15, -0.1) is 0 Å². The topological polar surface area (TPSA) is 60.9 Å². The SMILES string of the molecule is CN(C(=O)C(F)(F)F)[Si](CCC(F)(F)C(F)(F)C(F)(F)C(F)(F)C(F)(F)C(F)(F)C(F)(F)F)(N(C)C(=O)C(F)(F)F)N(C)C(=O)C(F)(F)F. The van der Waals surface area contributed by atoms with Crippen molar-refractivity contribution in [1.82, 2.24) is 13.7 Å². The van der Waals surface area contributed by atoms with Gasteiger partial charge in [0, 0.05) is 33.6 Å². The summed E-state index contributed by atoms with van der Waals surface area (Å²) in [5.74, 6) is -62.3. The predicted molar refractivity (Wildman–Crippen MR) is 107 cm³/mol. The number of nitrogens with zero attached hydrogens (tertiary/aromatic N) is 3. The van der Waals surface area contributed by atoms with Crippen molar-refractivity contribution < 1.29 is 120 Å². The van der Waals surface area contributed by atoms with Crippen molar-refractivity contribution in [2.45, 2.75) is 72.7 Å². The molecule has 0 atom stereocenters. The summed E-state index contributed by atoms with van der Waals surface area (Å²) < 4.78 is 317. The Morgan fingerprint density at radius 1 is 0.408 bits per heavy atom. The maximum Gasteiger partial charge on any atom is 0.470 e. The van der Waals surface area contributed by atoms with Gasteiger partial charge in [-0.2, -0.15) is 105 Å². The molecule has 6 nitrogen and oxygen atoms in total. The van der Waals surface area contributed by atoms with Gasteiger partial charge < -0.3 is 13.7 Å². The number of alkyl halides is 24. The van der Waals surface area contributed by atoms with Crippen molar-refractivity contribution in [3.8, 4) is 0 Å². The molecule has 0 aliphatic rings. The fourth-order valence-electron chi connectivity index (χ4n) is 3.72. The van der Waals surface area contributed by atoms with Crippen molar-refractivity contribution >= 4 is 26.3 Å². The standard InChI is InChI=1S/C18H13F24N3O3Si/c1-43(6(46)10(21,22)23)49(44(2)7(47)11(24,25)26,45(3)8(48)12(27,28)29)5-4-9(19,20)13(30,31)14(32,33)15(34,35)16(36,37)17(38,39)18(40,41)42/h4-5H2,1-3H3. The first-order valence-electron chi connectivity index (χ1n) is 11.3. The smallest absolute Gasteiger partial charge is 0.330 e. The van der Waals surface area contributed by atoms with Crippen molar-refractivity contribution in [1.29, 1.82) is 0 Å². The molecule has 0 rings (SSSR count). The van der Waals surface area contributed by atoms with Crippen LogP contribution in [-0.4, -0.2) is 121 Å². The largest absolute Gasteiger partial charge is 0.470 e. The van der Waals surface area contributed by atoms with Gasteiger partial charge in [-0.1, -0.05) is 0 Å². The summed E-state index contributed by atoms with van der Waals surface area (Å²) in [6, 6.07) is -3.29. The van der Waals surface area contributed by atoms with Gasteiger partial charge >= 0.3 is 86.5 Å². The number of carbonyl (C=O) groups is 3. The molecule has 0 saturated carbocycles. The molecule has 0 radical (unpaired) electrons. The number of hydrogen-bond donors (Lipinski definition) is 0. The molecule has 0 aromatic carbocycles. The van der Waals surface area contributed by atoms with Crippen molar-refractivity contribution in [2.24, 2.45) is 0 Å². The van der Waals surface area contributed by atoms with Crippen LogP contribution in [-0.2, 0) is 14.4 Å². The molecule has 0 aliphatic heterocycles. The maximum absolute atomic E-state index is 14.6. The number of rotatable bonds is 11. The fourth-order valence-corrected chi connectivity index (χ4v) is 8.08. The quantitative estimate of drug-likeness (QED) is 0.172. The van der Waals surface area contributed by atoms with Gasteiger partial charge in [0.25, 0.3) is 0 Å². The Kier molecular flexibility index (Phi) is 11.8. The highest BCUT2D eigenvalue weighted by atomic mass is 28.4. The van der Waals surface area contributed by atoms with Crippen LogP contribution in [0.5, 0.6) is 0 Å². The Hall–Kier alpha value is -3.05. The van der Waals surface area contributed by atoms with E-state index < -0.39 is 134 Å². The predicted octanol–water partition coefficient (Wildman–Crippen LogP) is 6.75. The van der Waals surface area contributed by atoms with Crippen LogP contribution in [0, 0.1) is 0 Å². The second-order valence-electron chi connectivity index (χ2n) is 9.43. The number of hydrogen-bond acceptors (Lipinski definition) is 3. The lowest BCUT2D eigenvalue weighted by Gasteiger charge is -2.50. The molecule has 0 aromatic heterocycles. The minimum Gasteiger partial charge on any atom is -0.330 e. The van der Waals surface area contributed by atoms with E-state index in [1.165, 1.54) is 0 Å². The normalized spacial score (nSPS) is 15.2. The van der Waals surface area contributed by atoms with E-state index in [2.05, 4.69) is 0 Å². The Morgan fingerprint density at radius 3 is 0.857 bits per heavy atom. The molecule has 0 bridgehead atoms. The molecular weight excluding hydrogens is 790 g/mol. The summed E-state index contributed by atoms with van der Waals surface area (Å²) in [5.41, 5.74) is 0. The highest BCUT2D eigenvalue weighted by molar-refractivity contribution is 6.78. The second-order valence-corrected chi connectivity index (χ2v) is 13.5. The lowest BCUT2D eigenvalue weighted by atomic mass is 9.90. The molecule has 49 heavy (non-hydrogen) atoms. The summed E-state index contributed by atoms with van der Waals surface area (Å²) in [6.07, 6.45) is -31.6. The summed E-state index contributed by atoms with van der Waals surface area (Å²) in [4.78, 5) is 35.6. The molecule has 0 aromatic rings. The van der Waals surface area contributed by atoms with Crippen LogP contribution >= 0.6 is 0 Å². The molecule has 0 saturated heterocycles. The van der Waals surface area contributed by atoms with E-state index in [1.54, 1.807) is 0 Å². The van der Waals surface area contributed by atoms with E-state index in [-0.39, 0.29) is 0 Å². The van der Waals surface area contributed by atoms with E-state index in [4.69, 9.17) is 0 Å². The first-order valence-corrected chi connectivity index (χ1v) is 13.3. The van der Waals surface area contributed by atoms with Gasteiger partial charge in [-0.05, 0) is 0 Å². The highest BCUT2D eigenvalue weighted by Crippen LogP contribution is 2.63. The van der Waals surface area contributed by atoms with E-state index in [0.717, 1.165) is 0 Å². The van der Waals surface area contributed by atoms with E-state index in [0.29, 0.717) is 0 Å². The minimum atomic E-state index is -8.92. The molecule has 3 amide bonds. The average molecular weight is 803 g/mol. The van der Waals surface area contributed by atoms with Gasteiger partial charge in [-0.3, -0.25) is 14.4 Å². The molecular formula is C18H13F24N3O3Si. The third-order valence-electron chi connectivity index (χ3n) is 6.42. The average Bonchev–Trinajstić information content (AvgIpc) is 2.88. The molecule has 0 aliphatic carbocycles. The Labute approximate surface area is 254 Å². The van der Waals surface area contributed by atoms with Gasteiger partial charge in [-0.25, -0.2) is 0 Å². The molecule has 0 heterocycles. The number of amides is 3. The molecule has 0 N–H and O–H groups in total. The second kappa shape index (κ2) is 12.6. The minimum absolute atomic E-state index is 0.610. The van der Waals surface area contributed by atoms with Gasteiger partial charge in [0.1, 0.15) is 0 Å². The molecule has 31 heteroatoms. The van der Waals surface area contributed by atoms with Crippen molar-refractivity contribution in [3.05, 3.63) is 0 Å². The lowest BCUT2D eigenvalue weighted by Crippen LogP contribution is -2.79. The van der Waals surface area contributed by atoms with Gasteiger partial charge in [0.2, 0.25) is 0 Å². The maximum atomic E-state index is 14.6. The first-order chi connectivity index (χ1) is 20.9. The van der Waals surface area contributed by atoms with Crippen LogP contribution in [0.25, 0.3) is 0 Å². The monoisotopic (exact) mass is 803 g/mol. The zero-order chi connectivity index (χ0) is 40.4. The van der Waals surface area contributed by atoms with Crippen LogP contribution < -0.4 is 0 Å². The van der Waals surface area contributed by atoms with E-state index in [1.807, 2.05) is 0 Å². The van der Waals surface area contributed by atoms with Crippen LogP contribution in [0.3, 0.4) is 0 Å². The van der Waals surface area contributed by atoms with E-state index >= 15 is 0 Å². The highest BCUT2D eigenvalue weighted by Gasteiger charge is 2.93. The number of carbonyl (C=O) groups excluding carboxylic acids is 3. The Balaban J connectivity index is 7.79. The molecule has 0 fully saturated rings. The zero-order valence-electron chi connectivity index (χ0n) is 23.1. The molecule has 0 unspecified atom stereocenters. The summed E-state index contributed by atoms with van der Waals surface area (Å²) in [7, 11) is -9.21. The van der Waals surface area contributed by atoms with Crippen molar-refractivity contribution in [2.75, 3.05) is 21.1 Å². The van der Waals surface area contributed by atoms with Crippen molar-refractivity contribution in [3.63, 3.8) is 0 Å². The summed E-state index contributed by atoms with van der Waals surface area (Å²) in [5, 5.41) is 0. The Morgan fingerprint density at radius 2 is 0.633 bits per heavy atom. The number of halogens is 24. The van der Waals surface area contributed by atoms with Crippen LogP contribution in [0.2, 0.25) is 6.04 Å². The first kappa shape index (κ1) is 45.9. The van der Waals surface area contributed by atoms with Crippen LogP contribution in [0.4, 0.5) is 105 Å². The fraction of sp³-hybridized carbons (Fsp3) is 0.833. The zero-order valence-corrected chi connectivity index (χ0v) is 24.1. The molecule has 290 valence electrons. The van der Waals surface area contributed by atoms with Gasteiger partial charge in [0.05, 0.1) is 0 Å². The van der Waals surface area contributed by atoms with Crippen LogP contribution in [0.15, 0.2) is 0 Å². The van der Waals surface area contributed by atoms with E-state index in [9.17, 15) is 120 Å². The molecule has 0 spiro atoms. The third-order valence-corrected chi connectivity index (χ3v) is 11.2. The van der Waals surface area contributed by atoms with Crippen LogP contribution in [0.1, 0.15) is 6.42 Å².